The Kier molecular flexibility index (Phi) is 7.51. The van der Waals surface area contributed by atoms with Gasteiger partial charge in [0.2, 0.25) is 5.91 Å². The number of anilines is 3. The van der Waals surface area contributed by atoms with E-state index in [0.717, 1.165) is 27.5 Å². The third-order valence-corrected chi connectivity index (χ3v) is 6.02. The fourth-order valence-corrected chi connectivity index (χ4v) is 4.09. The first-order chi connectivity index (χ1) is 16.2. The lowest BCUT2D eigenvalue weighted by atomic mass is 10.0. The molecule has 4 N–H and O–H groups in total. The molecule has 33 heavy (non-hydrogen) atoms. The molecule has 0 bridgehead atoms. The molecule has 0 saturated carbocycles. The van der Waals surface area contributed by atoms with E-state index >= 15 is 0 Å². The highest BCUT2D eigenvalue weighted by atomic mass is 32.1. The number of aliphatic imine (C=N–C) groups is 1. The van der Waals surface area contributed by atoms with Crippen molar-refractivity contribution in [2.75, 3.05) is 10.6 Å². The molecule has 1 heterocycles. The van der Waals surface area contributed by atoms with E-state index in [-0.39, 0.29) is 11.9 Å². The van der Waals surface area contributed by atoms with Gasteiger partial charge in [0.15, 0.2) is 0 Å². The summed E-state index contributed by atoms with van der Waals surface area (Å²) in [5.41, 5.74) is 10.0. The summed E-state index contributed by atoms with van der Waals surface area (Å²) in [4.78, 5) is 18.3. The molecule has 1 atom stereocenters. The number of thiophene rings is 1. The van der Waals surface area contributed by atoms with Gasteiger partial charge in [-0.15, -0.1) is 11.3 Å². The first kappa shape index (κ1) is 22.3. The quantitative estimate of drug-likeness (QED) is 0.203. The van der Waals surface area contributed by atoms with Gasteiger partial charge in [0.25, 0.3) is 0 Å². The molecule has 1 unspecified atom stereocenters. The van der Waals surface area contributed by atoms with Crippen LogP contribution in [0.4, 0.5) is 17.1 Å². The Morgan fingerprint density at radius 3 is 2.12 bits per heavy atom. The summed E-state index contributed by atoms with van der Waals surface area (Å²) in [6, 6.07) is 31.3. The van der Waals surface area contributed by atoms with Gasteiger partial charge in [0.1, 0.15) is 5.84 Å². The van der Waals surface area contributed by atoms with Crippen molar-refractivity contribution in [1.82, 2.24) is 0 Å². The predicted molar refractivity (Wildman–Crippen MR) is 138 cm³/mol. The third-order valence-electron chi connectivity index (χ3n) is 5.13. The van der Waals surface area contributed by atoms with Crippen molar-refractivity contribution in [3.63, 3.8) is 0 Å². The zero-order valence-electron chi connectivity index (χ0n) is 18.1. The number of para-hydroxylation sites is 1. The molecule has 0 aliphatic carbocycles. The molecule has 0 aliphatic heterocycles. The normalized spacial score (nSPS) is 12.2. The molecule has 0 aliphatic rings. The van der Waals surface area contributed by atoms with Crippen LogP contribution >= 0.6 is 11.3 Å². The van der Waals surface area contributed by atoms with E-state index < -0.39 is 0 Å². The number of rotatable bonds is 9. The average molecular weight is 455 g/mol. The van der Waals surface area contributed by atoms with Crippen LogP contribution in [0, 0.1) is 0 Å². The van der Waals surface area contributed by atoms with Crippen LogP contribution in [0.25, 0.3) is 0 Å². The molecular formula is C27H26N4OS. The van der Waals surface area contributed by atoms with Crippen LogP contribution in [0.2, 0.25) is 0 Å². The van der Waals surface area contributed by atoms with Crippen molar-refractivity contribution in [3.05, 3.63) is 113 Å². The molecule has 6 heteroatoms. The Morgan fingerprint density at radius 2 is 1.45 bits per heavy atom. The van der Waals surface area contributed by atoms with E-state index in [9.17, 15) is 4.79 Å². The van der Waals surface area contributed by atoms with Gasteiger partial charge in [-0.25, -0.2) is 0 Å². The SMILES string of the molecule is NC(=NC(CCC(=O)Nc1ccc(Nc2ccccc2)cc1)c1ccccc1)c1cccs1. The van der Waals surface area contributed by atoms with E-state index in [4.69, 9.17) is 10.7 Å². The number of hydrogen-bond donors (Lipinski definition) is 3. The summed E-state index contributed by atoms with van der Waals surface area (Å²) < 4.78 is 0. The van der Waals surface area contributed by atoms with Crippen molar-refractivity contribution >= 4 is 40.1 Å². The van der Waals surface area contributed by atoms with E-state index in [0.29, 0.717) is 18.7 Å². The predicted octanol–water partition coefficient (Wildman–Crippen LogP) is 6.36. The monoisotopic (exact) mass is 454 g/mol. The molecule has 0 spiro atoms. The summed E-state index contributed by atoms with van der Waals surface area (Å²) in [7, 11) is 0. The average Bonchev–Trinajstić information content (AvgIpc) is 3.39. The number of hydrogen-bond acceptors (Lipinski definition) is 4. The summed E-state index contributed by atoms with van der Waals surface area (Å²) in [5.74, 6) is 0.449. The van der Waals surface area contributed by atoms with E-state index in [1.54, 1.807) is 11.3 Å². The second kappa shape index (κ2) is 11.1. The van der Waals surface area contributed by atoms with Crippen LogP contribution < -0.4 is 16.4 Å². The van der Waals surface area contributed by atoms with Crippen molar-refractivity contribution < 1.29 is 4.79 Å². The summed E-state index contributed by atoms with van der Waals surface area (Å²) in [6.07, 6.45) is 0.903. The van der Waals surface area contributed by atoms with Crippen LogP contribution in [0.1, 0.15) is 29.3 Å². The molecule has 3 aromatic carbocycles. The van der Waals surface area contributed by atoms with Gasteiger partial charge in [-0.1, -0.05) is 54.6 Å². The summed E-state index contributed by atoms with van der Waals surface area (Å²) in [6.45, 7) is 0. The molecule has 0 saturated heterocycles. The number of amidine groups is 1. The molecule has 5 nitrogen and oxygen atoms in total. The smallest absolute Gasteiger partial charge is 0.224 e. The van der Waals surface area contributed by atoms with Crippen LogP contribution in [0.3, 0.4) is 0 Å². The van der Waals surface area contributed by atoms with Crippen LogP contribution in [0.15, 0.2) is 107 Å². The van der Waals surface area contributed by atoms with Gasteiger partial charge in [-0.3, -0.25) is 9.79 Å². The molecular weight excluding hydrogens is 428 g/mol. The van der Waals surface area contributed by atoms with Gasteiger partial charge in [0.05, 0.1) is 10.9 Å². The van der Waals surface area contributed by atoms with E-state index in [1.807, 2.05) is 102 Å². The first-order valence-electron chi connectivity index (χ1n) is 10.8. The number of nitrogens with one attached hydrogen (secondary N) is 2. The number of nitrogens with zero attached hydrogens (tertiary/aromatic N) is 1. The van der Waals surface area contributed by atoms with Crippen molar-refractivity contribution in [2.45, 2.75) is 18.9 Å². The van der Waals surface area contributed by atoms with Crippen LogP contribution in [-0.2, 0) is 4.79 Å². The third kappa shape index (κ3) is 6.54. The molecule has 4 aromatic rings. The summed E-state index contributed by atoms with van der Waals surface area (Å²) in [5, 5.41) is 8.29. The Bertz CT molecular complexity index is 1170. The lowest BCUT2D eigenvalue weighted by Crippen LogP contribution is -2.16. The minimum absolute atomic E-state index is 0.0513. The Hall–Kier alpha value is -3.90. The maximum Gasteiger partial charge on any atom is 0.224 e. The van der Waals surface area contributed by atoms with Gasteiger partial charge in [-0.2, -0.15) is 0 Å². The lowest BCUT2D eigenvalue weighted by molar-refractivity contribution is -0.116. The number of carbonyl (C=O) groups excluding carboxylic acids is 1. The fourth-order valence-electron chi connectivity index (χ4n) is 3.45. The fraction of sp³-hybridized carbons (Fsp3) is 0.111. The van der Waals surface area contributed by atoms with E-state index in [1.165, 1.54) is 0 Å². The molecule has 166 valence electrons. The first-order valence-corrected chi connectivity index (χ1v) is 11.7. The second-order valence-electron chi connectivity index (χ2n) is 7.57. The van der Waals surface area contributed by atoms with Crippen molar-refractivity contribution in [2.24, 2.45) is 10.7 Å². The number of amides is 1. The highest BCUT2D eigenvalue weighted by Gasteiger charge is 2.14. The van der Waals surface area contributed by atoms with Gasteiger partial charge >= 0.3 is 0 Å². The topological polar surface area (TPSA) is 79.5 Å². The standard InChI is InChI=1S/C27H26N4OS/c28-27(25-12-7-19-33-25)31-24(20-8-3-1-4-9-20)17-18-26(32)30-23-15-13-22(14-16-23)29-21-10-5-2-6-11-21/h1-16,19,24,29H,17-18H2,(H2,28,31)(H,30,32). The number of nitrogens with two attached hydrogens (primary N) is 1. The van der Waals surface area contributed by atoms with Crippen LogP contribution in [0.5, 0.6) is 0 Å². The highest BCUT2D eigenvalue weighted by Crippen LogP contribution is 2.25. The minimum Gasteiger partial charge on any atom is -0.383 e. The zero-order chi connectivity index (χ0) is 22.9. The van der Waals surface area contributed by atoms with E-state index in [2.05, 4.69) is 10.6 Å². The van der Waals surface area contributed by atoms with Gasteiger partial charge in [0, 0.05) is 23.5 Å². The largest absolute Gasteiger partial charge is 0.383 e. The second-order valence-corrected chi connectivity index (χ2v) is 8.52. The van der Waals surface area contributed by atoms with Crippen molar-refractivity contribution in [3.8, 4) is 0 Å². The zero-order valence-corrected chi connectivity index (χ0v) is 19.0. The highest BCUT2D eigenvalue weighted by molar-refractivity contribution is 7.12. The molecule has 1 aromatic heterocycles. The van der Waals surface area contributed by atoms with Gasteiger partial charge < -0.3 is 16.4 Å². The Morgan fingerprint density at radius 1 is 0.818 bits per heavy atom. The minimum atomic E-state index is -0.184. The molecule has 0 radical (unpaired) electrons. The van der Waals surface area contributed by atoms with Crippen LogP contribution in [-0.4, -0.2) is 11.7 Å². The number of carbonyl (C=O) groups is 1. The Balaban J connectivity index is 1.37. The van der Waals surface area contributed by atoms with Crippen molar-refractivity contribution in [1.29, 1.82) is 0 Å². The maximum absolute atomic E-state index is 12.6. The van der Waals surface area contributed by atoms with Gasteiger partial charge in [-0.05, 0) is 59.8 Å². The molecule has 0 fully saturated rings. The number of benzene rings is 3. The summed E-state index contributed by atoms with van der Waals surface area (Å²) >= 11 is 1.56. The molecule has 4 rings (SSSR count). The lowest BCUT2D eigenvalue weighted by Gasteiger charge is -2.14. The Labute approximate surface area is 198 Å². The maximum atomic E-state index is 12.6. The molecule has 1 amide bonds.